The Kier molecular flexibility index (Phi) is 21.3. The molecule has 0 spiro atoms. The van der Waals surface area contributed by atoms with E-state index in [0.29, 0.717) is 12.3 Å². The Labute approximate surface area is 189 Å². The molecule has 0 fully saturated rings. The average molecular weight is 423 g/mol. The molecule has 1 atom stereocenters. The lowest BCUT2D eigenvalue weighted by molar-refractivity contribution is -0.115. The van der Waals surface area contributed by atoms with Crippen LogP contribution in [0.2, 0.25) is 0 Å². The van der Waals surface area contributed by atoms with Gasteiger partial charge in [-0.2, -0.15) is 0 Å². The van der Waals surface area contributed by atoms with Crippen LogP contribution in [0.25, 0.3) is 0 Å². The zero-order valence-electron chi connectivity index (χ0n) is 20.8. The number of aliphatic hydroxyl groups is 2. The van der Waals surface area contributed by atoms with Gasteiger partial charge in [0.15, 0.2) is 0 Å². The van der Waals surface area contributed by atoms with Gasteiger partial charge in [0.2, 0.25) is 5.79 Å². The lowest BCUT2D eigenvalue weighted by Gasteiger charge is -2.16. The van der Waals surface area contributed by atoms with Crippen molar-refractivity contribution in [2.45, 2.75) is 161 Å². The molecule has 30 heavy (non-hydrogen) atoms. The molecular formula is C28H54O2. The molecular weight excluding hydrogens is 368 g/mol. The average Bonchev–Trinajstić information content (AvgIpc) is 2.72. The van der Waals surface area contributed by atoms with Crippen molar-refractivity contribution < 1.29 is 10.2 Å². The summed E-state index contributed by atoms with van der Waals surface area (Å²) in [7, 11) is 0. The van der Waals surface area contributed by atoms with Crippen LogP contribution in [0.4, 0.5) is 0 Å². The summed E-state index contributed by atoms with van der Waals surface area (Å²) in [6.07, 6.45) is 25.7. The molecule has 0 rings (SSSR count). The highest BCUT2D eigenvalue weighted by Crippen LogP contribution is 2.19. The standard InChI is InChI=1S/C28H54O2/c1-4-7-10-11-12-13-14-15-16-17-18-20-23-27(22-19-8-5-2)24-26-28(29,30)25-21-9-6-3/h27,29-30H,4-23,25H2,1-3H3. The fraction of sp³-hybridized carbons (Fsp3) is 0.929. The SMILES string of the molecule is CCCCCCCCCCCCCCC(C#CC(O)(O)CCCCC)CCCCC. The quantitative estimate of drug-likeness (QED) is 0.110. The van der Waals surface area contributed by atoms with Gasteiger partial charge >= 0.3 is 0 Å². The number of unbranched alkanes of at least 4 members (excludes halogenated alkanes) is 15. The van der Waals surface area contributed by atoms with Gasteiger partial charge in [0.1, 0.15) is 0 Å². The normalized spacial score (nSPS) is 12.6. The van der Waals surface area contributed by atoms with Crippen molar-refractivity contribution in [3.05, 3.63) is 0 Å². The minimum absolute atomic E-state index is 0.324. The Morgan fingerprint density at radius 2 is 0.900 bits per heavy atom. The van der Waals surface area contributed by atoms with Crippen LogP contribution in [0.3, 0.4) is 0 Å². The molecule has 0 aromatic heterocycles. The second-order valence-corrected chi connectivity index (χ2v) is 9.41. The molecule has 0 aromatic rings. The van der Waals surface area contributed by atoms with Crippen LogP contribution in [-0.4, -0.2) is 16.0 Å². The maximum absolute atomic E-state index is 10.1. The Morgan fingerprint density at radius 3 is 1.40 bits per heavy atom. The lowest BCUT2D eigenvalue weighted by atomic mass is 9.94. The highest BCUT2D eigenvalue weighted by molar-refractivity contribution is 5.11. The predicted molar refractivity (Wildman–Crippen MR) is 132 cm³/mol. The zero-order valence-corrected chi connectivity index (χ0v) is 20.8. The zero-order chi connectivity index (χ0) is 22.3. The monoisotopic (exact) mass is 422 g/mol. The summed E-state index contributed by atoms with van der Waals surface area (Å²) >= 11 is 0. The smallest absolute Gasteiger partial charge is 0.228 e. The molecule has 0 radical (unpaired) electrons. The lowest BCUT2D eigenvalue weighted by Crippen LogP contribution is -2.25. The molecule has 0 amide bonds. The van der Waals surface area contributed by atoms with Crippen molar-refractivity contribution in [2.75, 3.05) is 0 Å². The van der Waals surface area contributed by atoms with E-state index in [1.54, 1.807) is 0 Å². The number of rotatable bonds is 21. The predicted octanol–water partition coefficient (Wildman–Crippen LogP) is 8.54. The second-order valence-electron chi connectivity index (χ2n) is 9.41. The molecule has 0 aliphatic carbocycles. The van der Waals surface area contributed by atoms with E-state index in [1.807, 2.05) is 0 Å². The first-order valence-corrected chi connectivity index (χ1v) is 13.5. The molecule has 1 unspecified atom stereocenters. The van der Waals surface area contributed by atoms with Crippen molar-refractivity contribution in [3.8, 4) is 11.8 Å². The maximum Gasteiger partial charge on any atom is 0.228 e. The molecule has 0 saturated carbocycles. The minimum atomic E-state index is -1.80. The highest BCUT2D eigenvalue weighted by Gasteiger charge is 2.19. The third-order valence-corrected chi connectivity index (χ3v) is 6.17. The summed E-state index contributed by atoms with van der Waals surface area (Å²) < 4.78 is 0. The van der Waals surface area contributed by atoms with Crippen LogP contribution >= 0.6 is 0 Å². The first-order chi connectivity index (χ1) is 14.6. The molecule has 2 nitrogen and oxygen atoms in total. The molecule has 0 bridgehead atoms. The summed E-state index contributed by atoms with van der Waals surface area (Å²) in [6, 6.07) is 0. The van der Waals surface area contributed by atoms with Crippen molar-refractivity contribution in [2.24, 2.45) is 5.92 Å². The third kappa shape index (κ3) is 20.7. The molecule has 178 valence electrons. The van der Waals surface area contributed by atoms with Gasteiger partial charge in [-0.05, 0) is 25.2 Å². The van der Waals surface area contributed by atoms with Crippen LogP contribution in [-0.2, 0) is 0 Å². The van der Waals surface area contributed by atoms with Gasteiger partial charge < -0.3 is 10.2 Å². The van der Waals surface area contributed by atoms with E-state index in [-0.39, 0.29) is 0 Å². The second kappa shape index (κ2) is 21.7. The van der Waals surface area contributed by atoms with Gasteiger partial charge in [0.05, 0.1) is 0 Å². The number of hydrogen-bond acceptors (Lipinski definition) is 2. The van der Waals surface area contributed by atoms with Crippen LogP contribution in [0.15, 0.2) is 0 Å². The fourth-order valence-corrected chi connectivity index (χ4v) is 4.06. The molecule has 0 saturated heterocycles. The molecule has 2 heteroatoms. The summed E-state index contributed by atoms with van der Waals surface area (Å²) in [6.45, 7) is 6.63. The van der Waals surface area contributed by atoms with Crippen LogP contribution < -0.4 is 0 Å². The van der Waals surface area contributed by atoms with Crippen molar-refractivity contribution in [1.82, 2.24) is 0 Å². The third-order valence-electron chi connectivity index (χ3n) is 6.17. The topological polar surface area (TPSA) is 40.5 Å². The molecule has 0 aromatic carbocycles. The Morgan fingerprint density at radius 1 is 0.533 bits per heavy atom. The Bertz CT molecular complexity index is 405. The Balaban J connectivity index is 4.00. The summed E-state index contributed by atoms with van der Waals surface area (Å²) in [5, 5.41) is 20.2. The van der Waals surface area contributed by atoms with Gasteiger partial charge in [-0.15, -0.1) is 0 Å². The van der Waals surface area contributed by atoms with E-state index >= 15 is 0 Å². The van der Waals surface area contributed by atoms with Gasteiger partial charge in [0.25, 0.3) is 0 Å². The maximum atomic E-state index is 10.1. The molecule has 2 N–H and O–H groups in total. The summed E-state index contributed by atoms with van der Waals surface area (Å²) in [5.41, 5.74) is 0. The van der Waals surface area contributed by atoms with Gasteiger partial charge in [-0.1, -0.05) is 136 Å². The highest BCUT2D eigenvalue weighted by atomic mass is 16.5. The number of hydrogen-bond donors (Lipinski definition) is 2. The fourth-order valence-electron chi connectivity index (χ4n) is 4.06. The Hall–Kier alpha value is -0.520. The van der Waals surface area contributed by atoms with E-state index in [1.165, 1.54) is 96.3 Å². The molecule has 0 aliphatic rings. The van der Waals surface area contributed by atoms with Gasteiger partial charge in [0, 0.05) is 12.3 Å². The van der Waals surface area contributed by atoms with Crippen molar-refractivity contribution in [3.63, 3.8) is 0 Å². The van der Waals surface area contributed by atoms with E-state index in [9.17, 15) is 10.2 Å². The van der Waals surface area contributed by atoms with E-state index < -0.39 is 5.79 Å². The first kappa shape index (κ1) is 29.5. The minimum Gasteiger partial charge on any atom is -0.356 e. The van der Waals surface area contributed by atoms with Gasteiger partial charge in [-0.25, -0.2) is 0 Å². The van der Waals surface area contributed by atoms with Crippen molar-refractivity contribution >= 4 is 0 Å². The largest absolute Gasteiger partial charge is 0.356 e. The van der Waals surface area contributed by atoms with E-state index in [0.717, 1.165) is 32.1 Å². The summed E-state index contributed by atoms with van der Waals surface area (Å²) in [4.78, 5) is 0. The van der Waals surface area contributed by atoms with Gasteiger partial charge in [-0.3, -0.25) is 0 Å². The van der Waals surface area contributed by atoms with Crippen LogP contribution in [0, 0.1) is 17.8 Å². The summed E-state index contributed by atoms with van der Waals surface area (Å²) in [5.74, 6) is 4.56. The van der Waals surface area contributed by atoms with Crippen LogP contribution in [0.1, 0.15) is 156 Å². The van der Waals surface area contributed by atoms with E-state index in [2.05, 4.69) is 32.6 Å². The van der Waals surface area contributed by atoms with Crippen LogP contribution in [0.5, 0.6) is 0 Å². The first-order valence-electron chi connectivity index (χ1n) is 13.5. The molecule has 0 heterocycles. The van der Waals surface area contributed by atoms with E-state index in [4.69, 9.17) is 0 Å². The van der Waals surface area contributed by atoms with Crippen molar-refractivity contribution in [1.29, 1.82) is 0 Å². The molecule has 0 aliphatic heterocycles.